The number of alkyl halides is 3. The van der Waals surface area contributed by atoms with Crippen LogP contribution in [0, 0.1) is 20.8 Å². The van der Waals surface area contributed by atoms with Crippen LogP contribution in [0.3, 0.4) is 0 Å². The standard InChI is InChI=1S/C22H26ClF3N2O3S/c1-12-9-14(3)18(10-13(12)2)15(4)27-21(29)16(5)28(32(6,30)31)17-7-8-20(23)19(11-17)22(24,25)26/h7-11,15-16H,1-6H3,(H,27,29)/t15-,16-/m1/s1. The molecule has 2 rings (SSSR count). The second-order valence-electron chi connectivity index (χ2n) is 7.92. The number of carbonyl (C=O) groups excluding carboxylic acids is 1. The zero-order chi connectivity index (χ0) is 24.6. The Bertz CT molecular complexity index is 1130. The van der Waals surface area contributed by atoms with Crippen LogP contribution in [0.1, 0.15) is 47.7 Å². The molecule has 0 aromatic heterocycles. The third kappa shape index (κ3) is 5.75. The van der Waals surface area contributed by atoms with Crippen molar-refractivity contribution in [3.63, 3.8) is 0 Å². The molecule has 0 unspecified atom stereocenters. The van der Waals surface area contributed by atoms with E-state index < -0.39 is 44.8 Å². The number of halogens is 4. The summed E-state index contributed by atoms with van der Waals surface area (Å²) in [5.74, 6) is -0.649. The first-order valence-electron chi connectivity index (χ1n) is 9.78. The van der Waals surface area contributed by atoms with Gasteiger partial charge < -0.3 is 5.32 Å². The Balaban J connectivity index is 2.40. The van der Waals surface area contributed by atoms with Gasteiger partial charge in [0.1, 0.15) is 6.04 Å². The lowest BCUT2D eigenvalue weighted by Gasteiger charge is -2.30. The number of hydrogen-bond donors (Lipinski definition) is 1. The fourth-order valence-electron chi connectivity index (χ4n) is 3.54. The van der Waals surface area contributed by atoms with Gasteiger partial charge in [-0.3, -0.25) is 9.10 Å². The summed E-state index contributed by atoms with van der Waals surface area (Å²) in [6, 6.07) is 4.92. The highest BCUT2D eigenvalue weighted by molar-refractivity contribution is 7.92. The molecule has 1 N–H and O–H groups in total. The molecule has 0 aliphatic heterocycles. The van der Waals surface area contributed by atoms with E-state index in [-0.39, 0.29) is 5.69 Å². The summed E-state index contributed by atoms with van der Waals surface area (Å²) in [6.45, 7) is 8.90. The van der Waals surface area contributed by atoms with Crippen molar-refractivity contribution in [1.82, 2.24) is 5.32 Å². The van der Waals surface area contributed by atoms with Crippen LogP contribution >= 0.6 is 11.6 Å². The van der Waals surface area contributed by atoms with Crippen molar-refractivity contribution in [1.29, 1.82) is 0 Å². The number of anilines is 1. The van der Waals surface area contributed by atoms with E-state index in [2.05, 4.69) is 5.32 Å². The van der Waals surface area contributed by atoms with Crippen molar-refractivity contribution in [2.75, 3.05) is 10.6 Å². The Morgan fingerprint density at radius 3 is 2.12 bits per heavy atom. The lowest BCUT2D eigenvalue weighted by Crippen LogP contribution is -2.48. The molecule has 0 aliphatic carbocycles. The smallest absolute Gasteiger partial charge is 0.348 e. The monoisotopic (exact) mass is 490 g/mol. The molecule has 0 spiro atoms. The number of amides is 1. The highest BCUT2D eigenvalue weighted by Crippen LogP contribution is 2.37. The first-order chi connectivity index (χ1) is 14.5. The summed E-state index contributed by atoms with van der Waals surface area (Å²) in [5.41, 5.74) is 2.48. The normalized spacial score (nSPS) is 14.1. The molecule has 0 fully saturated rings. The van der Waals surface area contributed by atoms with E-state index in [1.807, 2.05) is 32.9 Å². The minimum Gasteiger partial charge on any atom is -0.348 e. The van der Waals surface area contributed by atoms with Crippen molar-refractivity contribution < 1.29 is 26.4 Å². The Morgan fingerprint density at radius 2 is 1.59 bits per heavy atom. The molecule has 5 nitrogen and oxygen atoms in total. The maximum absolute atomic E-state index is 13.3. The largest absolute Gasteiger partial charge is 0.417 e. The Labute approximate surface area is 191 Å². The SMILES string of the molecule is Cc1cc(C)c([C@@H](C)NC(=O)[C@@H](C)N(c2ccc(Cl)c(C(F)(F)F)c2)S(C)(=O)=O)cc1C. The minimum atomic E-state index is -4.78. The summed E-state index contributed by atoms with van der Waals surface area (Å²) >= 11 is 5.65. The summed E-state index contributed by atoms with van der Waals surface area (Å²) in [6.07, 6.45) is -3.95. The third-order valence-corrected chi connectivity index (χ3v) is 6.88. The molecule has 0 saturated heterocycles. The summed E-state index contributed by atoms with van der Waals surface area (Å²) in [4.78, 5) is 12.9. The number of nitrogens with one attached hydrogen (secondary N) is 1. The number of sulfonamides is 1. The maximum Gasteiger partial charge on any atom is 0.417 e. The first-order valence-corrected chi connectivity index (χ1v) is 12.0. The van der Waals surface area contributed by atoms with Gasteiger partial charge in [-0.05, 0) is 75.1 Å². The van der Waals surface area contributed by atoms with E-state index in [9.17, 15) is 26.4 Å². The van der Waals surface area contributed by atoms with E-state index in [0.29, 0.717) is 10.4 Å². The molecule has 1 amide bonds. The van der Waals surface area contributed by atoms with E-state index in [1.54, 1.807) is 6.92 Å². The molecule has 2 atom stereocenters. The number of nitrogens with zero attached hydrogens (tertiary/aromatic N) is 1. The number of carbonyl (C=O) groups is 1. The maximum atomic E-state index is 13.3. The molecule has 10 heteroatoms. The molecule has 176 valence electrons. The molecule has 0 aliphatic rings. The number of hydrogen-bond acceptors (Lipinski definition) is 3. The zero-order valence-electron chi connectivity index (χ0n) is 18.6. The molecular formula is C22H26ClF3N2O3S. The second-order valence-corrected chi connectivity index (χ2v) is 10.2. The zero-order valence-corrected chi connectivity index (χ0v) is 20.2. The van der Waals surface area contributed by atoms with E-state index in [0.717, 1.165) is 40.6 Å². The molecular weight excluding hydrogens is 465 g/mol. The van der Waals surface area contributed by atoms with Gasteiger partial charge in [-0.25, -0.2) is 8.42 Å². The van der Waals surface area contributed by atoms with Crippen LogP contribution in [0.15, 0.2) is 30.3 Å². The van der Waals surface area contributed by atoms with Crippen LogP contribution in [0.4, 0.5) is 18.9 Å². The molecule has 0 radical (unpaired) electrons. The minimum absolute atomic E-state index is 0.304. The van der Waals surface area contributed by atoms with Gasteiger partial charge in [0.25, 0.3) is 0 Å². The second kappa shape index (κ2) is 9.31. The highest BCUT2D eigenvalue weighted by atomic mass is 35.5. The molecule has 32 heavy (non-hydrogen) atoms. The third-order valence-electron chi connectivity index (χ3n) is 5.31. The topological polar surface area (TPSA) is 66.5 Å². The van der Waals surface area contributed by atoms with Crippen LogP contribution in [0.5, 0.6) is 0 Å². The molecule has 0 heterocycles. The average molecular weight is 491 g/mol. The van der Waals surface area contributed by atoms with Crippen molar-refractivity contribution in [2.24, 2.45) is 0 Å². The fraction of sp³-hybridized carbons (Fsp3) is 0.409. The first kappa shape index (κ1) is 26.0. The fourth-order valence-corrected chi connectivity index (χ4v) is 4.93. The number of rotatable bonds is 6. The Kier molecular flexibility index (Phi) is 7.56. The number of aryl methyl sites for hydroxylation is 3. The lowest BCUT2D eigenvalue weighted by atomic mass is 9.96. The van der Waals surface area contributed by atoms with E-state index >= 15 is 0 Å². The molecule has 0 bridgehead atoms. The molecule has 0 saturated carbocycles. The van der Waals surface area contributed by atoms with Gasteiger partial charge in [-0.1, -0.05) is 23.7 Å². The average Bonchev–Trinajstić information content (AvgIpc) is 2.63. The summed E-state index contributed by atoms with van der Waals surface area (Å²) in [5, 5.41) is 2.20. The molecule has 2 aromatic carbocycles. The van der Waals surface area contributed by atoms with Crippen molar-refractivity contribution >= 4 is 33.2 Å². The van der Waals surface area contributed by atoms with Gasteiger partial charge in [-0.2, -0.15) is 13.2 Å². The van der Waals surface area contributed by atoms with Gasteiger partial charge in [0.05, 0.1) is 28.6 Å². The summed E-state index contributed by atoms with van der Waals surface area (Å²) in [7, 11) is -4.10. The highest BCUT2D eigenvalue weighted by Gasteiger charge is 2.36. The molecule has 2 aromatic rings. The van der Waals surface area contributed by atoms with Gasteiger partial charge in [0.2, 0.25) is 15.9 Å². The van der Waals surface area contributed by atoms with Crippen molar-refractivity contribution in [3.05, 3.63) is 63.2 Å². The van der Waals surface area contributed by atoms with Crippen molar-refractivity contribution in [2.45, 2.75) is 52.9 Å². The number of benzene rings is 2. The van der Waals surface area contributed by atoms with Crippen molar-refractivity contribution in [3.8, 4) is 0 Å². The summed E-state index contributed by atoms with van der Waals surface area (Å²) < 4.78 is 65.4. The van der Waals surface area contributed by atoms with Gasteiger partial charge in [0, 0.05) is 0 Å². The Morgan fingerprint density at radius 1 is 1.03 bits per heavy atom. The van der Waals surface area contributed by atoms with Gasteiger partial charge in [0.15, 0.2) is 0 Å². The van der Waals surface area contributed by atoms with Crippen LogP contribution < -0.4 is 9.62 Å². The predicted octanol–water partition coefficient (Wildman–Crippen LogP) is 5.32. The van der Waals surface area contributed by atoms with Crippen LogP contribution in [-0.2, 0) is 21.0 Å². The van der Waals surface area contributed by atoms with Gasteiger partial charge in [-0.15, -0.1) is 0 Å². The van der Waals surface area contributed by atoms with Crippen LogP contribution in [0.25, 0.3) is 0 Å². The van der Waals surface area contributed by atoms with Gasteiger partial charge >= 0.3 is 6.18 Å². The van der Waals surface area contributed by atoms with E-state index in [4.69, 9.17) is 11.6 Å². The predicted molar refractivity (Wildman–Crippen MR) is 120 cm³/mol. The van der Waals surface area contributed by atoms with E-state index in [1.165, 1.54) is 6.92 Å². The lowest BCUT2D eigenvalue weighted by molar-refractivity contribution is -0.137. The van der Waals surface area contributed by atoms with Crippen LogP contribution in [-0.4, -0.2) is 26.6 Å². The quantitative estimate of drug-likeness (QED) is 0.596. The Hall–Kier alpha value is -2.26. The van der Waals surface area contributed by atoms with Crippen LogP contribution in [0.2, 0.25) is 5.02 Å².